The van der Waals surface area contributed by atoms with E-state index >= 15 is 0 Å². The van der Waals surface area contributed by atoms with Crippen LogP contribution < -0.4 is 0 Å². The molecule has 0 amide bonds. The maximum atomic E-state index is 9.74. The smallest absolute Gasteiger partial charge is 0.0999 e. The Labute approximate surface area is 78.2 Å². The van der Waals surface area contributed by atoms with Gasteiger partial charge in [-0.25, -0.2) is 0 Å². The first kappa shape index (κ1) is 9.96. The van der Waals surface area contributed by atoms with Gasteiger partial charge in [0.1, 0.15) is 0 Å². The Morgan fingerprint density at radius 3 is 2.54 bits per heavy atom. The van der Waals surface area contributed by atoms with E-state index in [1.165, 1.54) is 0 Å². The maximum absolute atomic E-state index is 9.74. The summed E-state index contributed by atoms with van der Waals surface area (Å²) < 4.78 is 0. The molecule has 2 heteroatoms. The van der Waals surface area contributed by atoms with Gasteiger partial charge in [0, 0.05) is 0 Å². The lowest BCUT2D eigenvalue weighted by atomic mass is 10.0. The SMILES string of the molecule is C/C(=C\CO)[C@H](O)c1ccccc1. The van der Waals surface area contributed by atoms with Crippen LogP contribution in [0.5, 0.6) is 0 Å². The van der Waals surface area contributed by atoms with Crippen molar-refractivity contribution in [1.82, 2.24) is 0 Å². The molecule has 13 heavy (non-hydrogen) atoms. The fourth-order valence-electron chi connectivity index (χ4n) is 1.15. The van der Waals surface area contributed by atoms with E-state index in [2.05, 4.69) is 0 Å². The van der Waals surface area contributed by atoms with Crippen LogP contribution in [-0.4, -0.2) is 16.8 Å². The van der Waals surface area contributed by atoms with Crippen molar-refractivity contribution >= 4 is 0 Å². The molecule has 1 aromatic rings. The van der Waals surface area contributed by atoms with Crippen LogP contribution >= 0.6 is 0 Å². The van der Waals surface area contributed by atoms with Crippen LogP contribution in [0.4, 0.5) is 0 Å². The molecule has 0 saturated heterocycles. The van der Waals surface area contributed by atoms with Crippen LogP contribution in [0.15, 0.2) is 42.0 Å². The van der Waals surface area contributed by atoms with Gasteiger partial charge in [-0.1, -0.05) is 36.4 Å². The highest BCUT2D eigenvalue weighted by Gasteiger charge is 2.07. The molecule has 0 saturated carbocycles. The summed E-state index contributed by atoms with van der Waals surface area (Å²) in [6, 6.07) is 9.38. The van der Waals surface area contributed by atoms with Crippen molar-refractivity contribution in [3.8, 4) is 0 Å². The van der Waals surface area contributed by atoms with Crippen LogP contribution in [0.3, 0.4) is 0 Å². The van der Waals surface area contributed by atoms with E-state index in [1.807, 2.05) is 30.3 Å². The predicted molar refractivity (Wildman–Crippen MR) is 52.2 cm³/mol. The molecular formula is C11H14O2. The van der Waals surface area contributed by atoms with Gasteiger partial charge in [0.2, 0.25) is 0 Å². The summed E-state index contributed by atoms with van der Waals surface area (Å²) in [4.78, 5) is 0. The van der Waals surface area contributed by atoms with Gasteiger partial charge in [-0.2, -0.15) is 0 Å². The quantitative estimate of drug-likeness (QED) is 0.691. The van der Waals surface area contributed by atoms with Gasteiger partial charge in [0.15, 0.2) is 0 Å². The zero-order valence-corrected chi connectivity index (χ0v) is 7.64. The topological polar surface area (TPSA) is 40.5 Å². The number of benzene rings is 1. The largest absolute Gasteiger partial charge is 0.392 e. The summed E-state index contributed by atoms with van der Waals surface area (Å²) in [5.74, 6) is 0. The van der Waals surface area contributed by atoms with E-state index in [9.17, 15) is 5.11 Å². The molecule has 0 heterocycles. The molecule has 0 aromatic heterocycles. The number of hydrogen-bond donors (Lipinski definition) is 2. The molecule has 0 spiro atoms. The van der Waals surface area contributed by atoms with Crippen LogP contribution in [0.2, 0.25) is 0 Å². The summed E-state index contributed by atoms with van der Waals surface area (Å²) in [5.41, 5.74) is 1.62. The number of aliphatic hydroxyl groups is 2. The van der Waals surface area contributed by atoms with Crippen LogP contribution in [0.25, 0.3) is 0 Å². The average molecular weight is 178 g/mol. The molecule has 0 radical (unpaired) electrons. The van der Waals surface area contributed by atoms with E-state index in [0.717, 1.165) is 11.1 Å². The van der Waals surface area contributed by atoms with Crippen LogP contribution in [0.1, 0.15) is 18.6 Å². The lowest BCUT2D eigenvalue weighted by Crippen LogP contribution is -1.99. The average Bonchev–Trinajstić information content (AvgIpc) is 2.18. The molecule has 0 aliphatic heterocycles. The maximum Gasteiger partial charge on any atom is 0.0999 e. The summed E-state index contributed by atoms with van der Waals surface area (Å²) in [6.07, 6.45) is 1.01. The van der Waals surface area contributed by atoms with Crippen molar-refractivity contribution in [1.29, 1.82) is 0 Å². The normalized spacial score (nSPS) is 14.2. The van der Waals surface area contributed by atoms with Gasteiger partial charge in [0.25, 0.3) is 0 Å². The summed E-state index contributed by atoms with van der Waals surface area (Å²) in [6.45, 7) is 1.77. The second-order valence-electron chi connectivity index (χ2n) is 2.94. The van der Waals surface area contributed by atoms with Gasteiger partial charge >= 0.3 is 0 Å². The fourth-order valence-corrected chi connectivity index (χ4v) is 1.15. The first-order valence-corrected chi connectivity index (χ1v) is 4.26. The van der Waals surface area contributed by atoms with E-state index in [-0.39, 0.29) is 6.61 Å². The standard InChI is InChI=1S/C11H14O2/c1-9(7-8-12)11(13)10-5-3-2-4-6-10/h2-7,11-13H,8H2,1H3/b9-7+/t11-/m0/s1. The van der Waals surface area contributed by atoms with Crippen LogP contribution in [-0.2, 0) is 0 Å². The first-order valence-electron chi connectivity index (χ1n) is 4.26. The van der Waals surface area contributed by atoms with E-state index < -0.39 is 6.10 Å². The molecule has 1 rings (SSSR count). The van der Waals surface area contributed by atoms with Crippen molar-refractivity contribution in [2.24, 2.45) is 0 Å². The second-order valence-corrected chi connectivity index (χ2v) is 2.94. The third-order valence-electron chi connectivity index (χ3n) is 1.96. The Hall–Kier alpha value is -1.12. The van der Waals surface area contributed by atoms with Crippen molar-refractivity contribution in [2.75, 3.05) is 6.61 Å². The number of rotatable bonds is 3. The Kier molecular flexibility index (Phi) is 3.68. The highest BCUT2D eigenvalue weighted by molar-refractivity contribution is 5.24. The molecule has 0 aliphatic carbocycles. The van der Waals surface area contributed by atoms with Crippen molar-refractivity contribution in [3.05, 3.63) is 47.5 Å². The summed E-state index contributed by atoms with van der Waals surface area (Å²) in [5, 5.41) is 18.4. The molecule has 2 nitrogen and oxygen atoms in total. The lowest BCUT2D eigenvalue weighted by molar-refractivity contribution is 0.213. The minimum atomic E-state index is -0.603. The monoisotopic (exact) mass is 178 g/mol. The van der Waals surface area contributed by atoms with E-state index in [4.69, 9.17) is 5.11 Å². The zero-order valence-electron chi connectivity index (χ0n) is 7.64. The number of hydrogen-bond acceptors (Lipinski definition) is 2. The van der Waals surface area contributed by atoms with Gasteiger partial charge in [-0.05, 0) is 18.1 Å². The highest BCUT2D eigenvalue weighted by Crippen LogP contribution is 2.19. The molecule has 0 fully saturated rings. The second kappa shape index (κ2) is 4.80. The Bertz CT molecular complexity index is 277. The van der Waals surface area contributed by atoms with Crippen LogP contribution in [0, 0.1) is 0 Å². The van der Waals surface area contributed by atoms with Gasteiger partial charge in [-0.3, -0.25) is 0 Å². The molecule has 1 aromatic carbocycles. The molecule has 2 N–H and O–H groups in total. The van der Waals surface area contributed by atoms with Gasteiger partial charge < -0.3 is 10.2 Å². The molecule has 70 valence electrons. The third-order valence-corrected chi connectivity index (χ3v) is 1.96. The summed E-state index contributed by atoms with van der Waals surface area (Å²) >= 11 is 0. The summed E-state index contributed by atoms with van der Waals surface area (Å²) in [7, 11) is 0. The number of aliphatic hydroxyl groups excluding tert-OH is 2. The molecule has 0 unspecified atom stereocenters. The molecular weight excluding hydrogens is 164 g/mol. The zero-order chi connectivity index (χ0) is 9.68. The van der Waals surface area contributed by atoms with Gasteiger partial charge in [-0.15, -0.1) is 0 Å². The van der Waals surface area contributed by atoms with Crippen molar-refractivity contribution in [2.45, 2.75) is 13.0 Å². The minimum absolute atomic E-state index is 0.0320. The molecule has 0 aliphatic rings. The highest BCUT2D eigenvalue weighted by atomic mass is 16.3. The van der Waals surface area contributed by atoms with Gasteiger partial charge in [0.05, 0.1) is 12.7 Å². The van der Waals surface area contributed by atoms with E-state index in [1.54, 1.807) is 13.0 Å². The minimum Gasteiger partial charge on any atom is -0.392 e. The van der Waals surface area contributed by atoms with Crippen molar-refractivity contribution in [3.63, 3.8) is 0 Å². The Morgan fingerprint density at radius 1 is 1.38 bits per heavy atom. The Morgan fingerprint density at radius 2 is 2.00 bits per heavy atom. The molecule has 0 bridgehead atoms. The van der Waals surface area contributed by atoms with Crippen molar-refractivity contribution < 1.29 is 10.2 Å². The Balaban J connectivity index is 2.79. The predicted octanol–water partition coefficient (Wildman–Crippen LogP) is 1.66. The van der Waals surface area contributed by atoms with E-state index in [0.29, 0.717) is 0 Å². The third kappa shape index (κ3) is 2.68. The lowest BCUT2D eigenvalue weighted by Gasteiger charge is -2.10. The first-order chi connectivity index (χ1) is 6.25. The fraction of sp³-hybridized carbons (Fsp3) is 0.273. The molecule has 1 atom stereocenters.